The number of piperidine rings is 1. The van der Waals surface area contributed by atoms with Crippen LogP contribution in [0.25, 0.3) is 11.3 Å². The van der Waals surface area contributed by atoms with Crippen molar-refractivity contribution in [2.24, 2.45) is 5.92 Å². The summed E-state index contributed by atoms with van der Waals surface area (Å²) in [5.41, 5.74) is 0.958. The van der Waals surface area contributed by atoms with Crippen molar-refractivity contribution in [1.82, 2.24) is 9.88 Å². The highest BCUT2D eigenvalue weighted by Gasteiger charge is 2.29. The molecule has 1 saturated heterocycles. The highest BCUT2D eigenvalue weighted by Crippen LogP contribution is 2.36. The summed E-state index contributed by atoms with van der Waals surface area (Å²) in [6.07, 6.45) is 3.76. The van der Waals surface area contributed by atoms with E-state index in [1.807, 2.05) is 6.07 Å². The number of likely N-dealkylation sites (tertiary alicyclic amines) is 1. The number of aliphatic carboxylic acids is 1. The van der Waals surface area contributed by atoms with Crippen molar-refractivity contribution in [2.45, 2.75) is 25.7 Å². The molecule has 0 aliphatic carbocycles. The fourth-order valence-electron chi connectivity index (χ4n) is 3.75. The first-order chi connectivity index (χ1) is 13.6. The lowest BCUT2D eigenvalue weighted by Gasteiger charge is -2.32. The molecular weight excluding hydrogens is 364 g/mol. The van der Waals surface area contributed by atoms with Gasteiger partial charge in [0.2, 0.25) is 0 Å². The Balaban J connectivity index is 1.52. The number of oxazole rings is 1. The van der Waals surface area contributed by atoms with Crippen LogP contribution in [0.5, 0.6) is 11.5 Å². The van der Waals surface area contributed by atoms with E-state index in [4.69, 9.17) is 19.0 Å². The van der Waals surface area contributed by atoms with Crippen molar-refractivity contribution in [2.75, 3.05) is 26.3 Å². The maximum absolute atomic E-state index is 13.1. The van der Waals surface area contributed by atoms with Crippen LogP contribution in [0, 0.1) is 5.92 Å². The molecule has 148 valence electrons. The zero-order chi connectivity index (χ0) is 19.5. The quantitative estimate of drug-likeness (QED) is 0.843. The number of carbonyl (C=O) groups excluding carboxylic acids is 1. The first-order valence-corrected chi connectivity index (χ1v) is 9.46. The topological polar surface area (TPSA) is 102 Å². The number of nitrogens with zero attached hydrogens (tertiary/aromatic N) is 2. The van der Waals surface area contributed by atoms with Crippen LogP contribution in [0.15, 0.2) is 29.0 Å². The van der Waals surface area contributed by atoms with E-state index in [-0.39, 0.29) is 23.9 Å². The number of carboxylic acids is 1. The van der Waals surface area contributed by atoms with Crippen LogP contribution >= 0.6 is 0 Å². The number of fused-ring (bicyclic) bond motifs is 1. The molecule has 4 rings (SSSR count). The average molecular weight is 386 g/mol. The van der Waals surface area contributed by atoms with Gasteiger partial charge in [-0.3, -0.25) is 9.59 Å². The molecule has 28 heavy (non-hydrogen) atoms. The molecule has 8 nitrogen and oxygen atoms in total. The summed E-state index contributed by atoms with van der Waals surface area (Å²) >= 11 is 0. The molecule has 1 atom stereocenters. The number of hydrogen-bond donors (Lipinski definition) is 1. The summed E-state index contributed by atoms with van der Waals surface area (Å²) < 4.78 is 16.7. The van der Waals surface area contributed by atoms with Gasteiger partial charge in [-0.05, 0) is 43.4 Å². The maximum Gasteiger partial charge on any atom is 0.303 e. The second kappa shape index (κ2) is 7.92. The third-order valence-corrected chi connectivity index (χ3v) is 5.15. The Bertz CT molecular complexity index is 877. The van der Waals surface area contributed by atoms with Gasteiger partial charge in [0.05, 0.1) is 0 Å². The molecule has 2 aliphatic heterocycles. The second-order valence-corrected chi connectivity index (χ2v) is 7.08. The Morgan fingerprint density at radius 2 is 2.04 bits per heavy atom. The Kier molecular flexibility index (Phi) is 5.18. The summed E-state index contributed by atoms with van der Waals surface area (Å²) in [5.74, 6) is 0.873. The number of rotatable bonds is 5. The second-order valence-electron chi connectivity index (χ2n) is 7.08. The van der Waals surface area contributed by atoms with Crippen molar-refractivity contribution in [3.05, 3.63) is 30.3 Å². The summed E-state index contributed by atoms with van der Waals surface area (Å²) in [4.78, 5) is 29.8. The number of aromatic nitrogens is 1. The van der Waals surface area contributed by atoms with Gasteiger partial charge in [0, 0.05) is 25.1 Å². The fraction of sp³-hybridized carbons (Fsp3) is 0.450. The molecule has 2 aliphatic rings. The molecule has 1 aromatic carbocycles. The third kappa shape index (κ3) is 3.81. The molecular formula is C20H22N2O6. The predicted octanol–water partition coefficient (Wildman–Crippen LogP) is 2.83. The predicted molar refractivity (Wildman–Crippen MR) is 98.4 cm³/mol. The van der Waals surface area contributed by atoms with Crippen LogP contribution in [0.4, 0.5) is 0 Å². The van der Waals surface area contributed by atoms with Crippen molar-refractivity contribution < 1.29 is 28.6 Å². The van der Waals surface area contributed by atoms with Crippen LogP contribution in [0.1, 0.15) is 36.2 Å². The maximum atomic E-state index is 13.1. The number of carbonyl (C=O) groups is 2. The van der Waals surface area contributed by atoms with E-state index in [2.05, 4.69) is 4.98 Å². The molecule has 3 heterocycles. The highest BCUT2D eigenvalue weighted by atomic mass is 16.6. The van der Waals surface area contributed by atoms with Gasteiger partial charge >= 0.3 is 5.97 Å². The standard InChI is InChI=1S/C20H22N2O6/c23-17(24)6-3-13-2-1-7-22(11-13)20(25)18-19(28-12-21-18)14-4-5-15-16(10-14)27-9-8-26-15/h4-5,10,12-13H,1-3,6-9,11H2,(H,23,24). The lowest BCUT2D eigenvalue weighted by atomic mass is 9.93. The Morgan fingerprint density at radius 3 is 2.86 bits per heavy atom. The highest BCUT2D eigenvalue weighted by molar-refractivity contribution is 5.97. The molecule has 1 fully saturated rings. The van der Waals surface area contributed by atoms with Crippen molar-refractivity contribution in [3.63, 3.8) is 0 Å². The van der Waals surface area contributed by atoms with Crippen LogP contribution in [0.3, 0.4) is 0 Å². The number of amides is 1. The van der Waals surface area contributed by atoms with Crippen LogP contribution in [0.2, 0.25) is 0 Å². The first-order valence-electron chi connectivity index (χ1n) is 9.46. The zero-order valence-corrected chi connectivity index (χ0v) is 15.4. The molecule has 1 unspecified atom stereocenters. The van der Waals surface area contributed by atoms with Crippen LogP contribution in [-0.2, 0) is 4.79 Å². The van der Waals surface area contributed by atoms with Gasteiger partial charge in [0.15, 0.2) is 29.3 Å². The SMILES string of the molecule is O=C(O)CCC1CCCN(C(=O)c2ncoc2-c2ccc3c(c2)OCCO3)C1. The van der Waals surface area contributed by atoms with Gasteiger partial charge in [-0.15, -0.1) is 0 Å². The lowest BCUT2D eigenvalue weighted by Crippen LogP contribution is -2.40. The van der Waals surface area contributed by atoms with Gasteiger partial charge in [-0.25, -0.2) is 4.98 Å². The Labute approximate surface area is 162 Å². The third-order valence-electron chi connectivity index (χ3n) is 5.15. The molecule has 1 amide bonds. The zero-order valence-electron chi connectivity index (χ0n) is 15.4. The van der Waals surface area contributed by atoms with Gasteiger partial charge in [0.25, 0.3) is 5.91 Å². The molecule has 1 aromatic heterocycles. The normalized spacial score (nSPS) is 18.7. The summed E-state index contributed by atoms with van der Waals surface area (Å²) in [6, 6.07) is 5.40. The minimum absolute atomic E-state index is 0.124. The molecule has 0 radical (unpaired) electrons. The number of benzene rings is 1. The molecule has 0 saturated carbocycles. The van der Waals surface area contributed by atoms with Crippen molar-refractivity contribution in [1.29, 1.82) is 0 Å². The van der Waals surface area contributed by atoms with Crippen LogP contribution < -0.4 is 9.47 Å². The lowest BCUT2D eigenvalue weighted by molar-refractivity contribution is -0.137. The van der Waals surface area contributed by atoms with Crippen LogP contribution in [-0.4, -0.2) is 53.2 Å². The van der Waals surface area contributed by atoms with Crippen molar-refractivity contribution in [3.8, 4) is 22.8 Å². The van der Waals surface area contributed by atoms with E-state index in [1.165, 1.54) is 6.39 Å². The Hall–Kier alpha value is -3.03. The Morgan fingerprint density at radius 1 is 1.21 bits per heavy atom. The van der Waals surface area contributed by atoms with E-state index in [0.717, 1.165) is 12.8 Å². The number of ether oxygens (including phenoxy) is 2. The van der Waals surface area contributed by atoms with E-state index >= 15 is 0 Å². The monoisotopic (exact) mass is 386 g/mol. The van der Waals surface area contributed by atoms with Gasteiger partial charge in [-0.1, -0.05) is 0 Å². The minimum Gasteiger partial charge on any atom is -0.486 e. The van der Waals surface area contributed by atoms with E-state index in [1.54, 1.807) is 17.0 Å². The van der Waals surface area contributed by atoms with E-state index in [0.29, 0.717) is 55.5 Å². The molecule has 0 spiro atoms. The van der Waals surface area contributed by atoms with Gasteiger partial charge < -0.3 is 23.9 Å². The summed E-state index contributed by atoms with van der Waals surface area (Å²) in [7, 11) is 0. The largest absolute Gasteiger partial charge is 0.486 e. The summed E-state index contributed by atoms with van der Waals surface area (Å²) in [6.45, 7) is 2.16. The first kappa shape index (κ1) is 18.3. The molecule has 2 aromatic rings. The molecule has 1 N–H and O–H groups in total. The van der Waals surface area contributed by atoms with Gasteiger partial charge in [0.1, 0.15) is 13.2 Å². The fourth-order valence-corrected chi connectivity index (χ4v) is 3.75. The smallest absolute Gasteiger partial charge is 0.303 e. The summed E-state index contributed by atoms with van der Waals surface area (Å²) in [5, 5.41) is 8.89. The van der Waals surface area contributed by atoms with E-state index < -0.39 is 5.97 Å². The average Bonchev–Trinajstić information content (AvgIpc) is 3.21. The van der Waals surface area contributed by atoms with Crippen molar-refractivity contribution >= 4 is 11.9 Å². The minimum atomic E-state index is -0.805. The number of carboxylic acid groups (broad SMARTS) is 1. The molecule has 8 heteroatoms. The van der Waals surface area contributed by atoms with Gasteiger partial charge in [-0.2, -0.15) is 0 Å². The molecule has 0 bridgehead atoms. The number of hydrogen-bond acceptors (Lipinski definition) is 6. The van der Waals surface area contributed by atoms with E-state index in [9.17, 15) is 9.59 Å².